The van der Waals surface area contributed by atoms with Crippen LogP contribution in [-0.4, -0.2) is 37.8 Å². The van der Waals surface area contributed by atoms with Crippen LogP contribution < -0.4 is 10.6 Å². The van der Waals surface area contributed by atoms with Crippen LogP contribution in [0.15, 0.2) is 35.1 Å². The maximum absolute atomic E-state index is 13.3. The summed E-state index contributed by atoms with van der Waals surface area (Å²) in [5.74, 6) is 0.670. The molecule has 1 atom stereocenters. The first-order valence-corrected chi connectivity index (χ1v) is 11.4. The lowest BCUT2D eigenvalue weighted by molar-refractivity contribution is -0.119. The van der Waals surface area contributed by atoms with E-state index in [4.69, 9.17) is 4.52 Å². The third-order valence-electron chi connectivity index (χ3n) is 6.33. The zero-order valence-corrected chi connectivity index (χ0v) is 19.3. The molecular formula is C24H30N6O3. The minimum Gasteiger partial charge on any atom is -0.361 e. The quantitative estimate of drug-likeness (QED) is 0.552. The highest BCUT2D eigenvalue weighted by Crippen LogP contribution is 2.28. The van der Waals surface area contributed by atoms with Gasteiger partial charge in [-0.05, 0) is 50.8 Å². The first kappa shape index (κ1) is 22.7. The van der Waals surface area contributed by atoms with Crippen molar-refractivity contribution in [2.45, 2.75) is 58.4 Å². The van der Waals surface area contributed by atoms with Gasteiger partial charge < -0.3 is 15.2 Å². The Kier molecular flexibility index (Phi) is 6.86. The van der Waals surface area contributed by atoms with Gasteiger partial charge in [-0.2, -0.15) is 5.10 Å². The molecule has 9 heteroatoms. The third-order valence-corrected chi connectivity index (χ3v) is 6.33. The van der Waals surface area contributed by atoms with Crippen molar-refractivity contribution < 1.29 is 14.1 Å². The van der Waals surface area contributed by atoms with Crippen LogP contribution in [-0.2, 0) is 11.8 Å². The van der Waals surface area contributed by atoms with Crippen LogP contribution in [0.1, 0.15) is 60.5 Å². The van der Waals surface area contributed by atoms with E-state index >= 15 is 0 Å². The van der Waals surface area contributed by atoms with Gasteiger partial charge >= 0.3 is 0 Å². The second kappa shape index (κ2) is 9.97. The van der Waals surface area contributed by atoms with E-state index in [-0.39, 0.29) is 17.7 Å². The van der Waals surface area contributed by atoms with Crippen molar-refractivity contribution in [3.63, 3.8) is 0 Å². The van der Waals surface area contributed by atoms with Crippen molar-refractivity contribution in [2.75, 3.05) is 5.32 Å². The average molecular weight is 451 g/mol. The van der Waals surface area contributed by atoms with Crippen molar-refractivity contribution in [3.05, 3.63) is 47.7 Å². The molecule has 0 radical (unpaired) electrons. The molecule has 0 bridgehead atoms. The van der Waals surface area contributed by atoms with Gasteiger partial charge in [0, 0.05) is 30.6 Å². The molecule has 4 rings (SSSR count). The molecule has 1 unspecified atom stereocenters. The second-order valence-electron chi connectivity index (χ2n) is 8.66. The van der Waals surface area contributed by atoms with E-state index in [1.54, 1.807) is 31.6 Å². The molecule has 174 valence electrons. The minimum absolute atomic E-state index is 0.0752. The number of nitrogens with one attached hydrogen (secondary N) is 2. The van der Waals surface area contributed by atoms with Crippen LogP contribution in [0.25, 0.3) is 11.1 Å². The number of hydrogen-bond donors (Lipinski definition) is 2. The van der Waals surface area contributed by atoms with Gasteiger partial charge in [0.15, 0.2) is 0 Å². The van der Waals surface area contributed by atoms with Gasteiger partial charge in [0.25, 0.3) is 5.91 Å². The second-order valence-corrected chi connectivity index (χ2v) is 8.66. The van der Waals surface area contributed by atoms with Gasteiger partial charge in [0.05, 0.1) is 5.69 Å². The van der Waals surface area contributed by atoms with E-state index in [2.05, 4.69) is 25.9 Å². The number of pyridine rings is 1. The first-order chi connectivity index (χ1) is 15.9. The molecule has 3 aromatic heterocycles. The number of amides is 2. The molecule has 9 nitrogen and oxygen atoms in total. The van der Waals surface area contributed by atoms with Crippen molar-refractivity contribution in [1.29, 1.82) is 0 Å². The number of rotatable bonds is 6. The molecular weight excluding hydrogens is 420 g/mol. The summed E-state index contributed by atoms with van der Waals surface area (Å²) >= 11 is 0. The molecule has 0 spiro atoms. The Morgan fingerprint density at radius 3 is 2.45 bits per heavy atom. The average Bonchev–Trinajstić information content (AvgIpc) is 3.26. The Morgan fingerprint density at radius 1 is 1.12 bits per heavy atom. The summed E-state index contributed by atoms with van der Waals surface area (Å²) in [6, 6.07) is 4.64. The zero-order valence-electron chi connectivity index (χ0n) is 19.3. The van der Waals surface area contributed by atoms with Gasteiger partial charge in [-0.3, -0.25) is 14.3 Å². The number of carbonyl (C=O) groups is 2. The summed E-state index contributed by atoms with van der Waals surface area (Å²) in [5.41, 5.74) is 2.98. The molecule has 1 aliphatic rings. The van der Waals surface area contributed by atoms with Crippen LogP contribution >= 0.6 is 0 Å². The largest absolute Gasteiger partial charge is 0.361 e. The van der Waals surface area contributed by atoms with Gasteiger partial charge in [-0.1, -0.05) is 30.8 Å². The lowest BCUT2D eigenvalue weighted by Gasteiger charge is -2.26. The third kappa shape index (κ3) is 5.13. The summed E-state index contributed by atoms with van der Waals surface area (Å²) in [6.07, 6.45) is 9.50. The van der Waals surface area contributed by atoms with Crippen molar-refractivity contribution in [2.24, 2.45) is 13.0 Å². The lowest BCUT2D eigenvalue weighted by atomic mass is 9.91. The van der Waals surface area contributed by atoms with Crippen LogP contribution in [0.3, 0.4) is 0 Å². The summed E-state index contributed by atoms with van der Waals surface area (Å²) < 4.78 is 6.74. The van der Waals surface area contributed by atoms with E-state index in [0.29, 0.717) is 11.5 Å². The van der Waals surface area contributed by atoms with Crippen LogP contribution in [0.5, 0.6) is 0 Å². The Labute approximate surface area is 192 Å². The Balaban J connectivity index is 1.52. The monoisotopic (exact) mass is 450 g/mol. The lowest BCUT2D eigenvalue weighted by Crippen LogP contribution is -2.49. The van der Waals surface area contributed by atoms with E-state index < -0.39 is 6.04 Å². The molecule has 1 fully saturated rings. The van der Waals surface area contributed by atoms with Gasteiger partial charge in [-0.25, -0.2) is 4.98 Å². The molecule has 3 aromatic rings. The smallest absolute Gasteiger partial charge is 0.270 e. The molecule has 2 amide bonds. The van der Waals surface area contributed by atoms with Gasteiger partial charge in [0.2, 0.25) is 5.91 Å². The number of hydrogen-bond acceptors (Lipinski definition) is 6. The fraction of sp³-hybridized carbons (Fsp3) is 0.458. The molecule has 0 aliphatic heterocycles. The van der Waals surface area contributed by atoms with Crippen molar-refractivity contribution >= 4 is 17.6 Å². The summed E-state index contributed by atoms with van der Waals surface area (Å²) in [6.45, 7) is 3.73. The van der Waals surface area contributed by atoms with E-state index in [9.17, 15) is 9.59 Å². The predicted octanol–water partition coefficient (Wildman–Crippen LogP) is 3.79. The molecule has 1 saturated carbocycles. The molecule has 3 heterocycles. The minimum atomic E-state index is -0.644. The number of anilines is 1. The Hall–Kier alpha value is -3.49. The fourth-order valence-corrected chi connectivity index (χ4v) is 4.57. The number of aryl methyl sites for hydroxylation is 3. The predicted molar refractivity (Wildman–Crippen MR) is 123 cm³/mol. The number of nitrogens with zero attached hydrogens (tertiary/aromatic N) is 4. The summed E-state index contributed by atoms with van der Waals surface area (Å²) in [5, 5.41) is 13.9. The van der Waals surface area contributed by atoms with E-state index in [1.807, 2.05) is 19.9 Å². The standard InChI is InChI=1S/C24H30N6O3/c1-15-21(16(2)33-29-15)18-10-11-20(25-14-18)27-24(32)22(17-8-6-4-5-7-9-17)28-23(31)19-12-13-26-30(19)3/h10-14,17,22H,4-9H2,1-3H3,(H,28,31)(H,25,27,32). The molecule has 0 saturated heterocycles. The summed E-state index contributed by atoms with van der Waals surface area (Å²) in [7, 11) is 1.71. The molecule has 33 heavy (non-hydrogen) atoms. The van der Waals surface area contributed by atoms with Crippen molar-refractivity contribution in [1.82, 2.24) is 25.2 Å². The maximum atomic E-state index is 13.3. The Bertz CT molecular complexity index is 1090. The SMILES string of the molecule is Cc1noc(C)c1-c1ccc(NC(=O)C(NC(=O)c2ccnn2C)C2CCCCCC2)nc1. The molecule has 2 N–H and O–H groups in total. The Morgan fingerprint density at radius 2 is 1.88 bits per heavy atom. The summed E-state index contributed by atoms with van der Waals surface area (Å²) in [4.78, 5) is 30.6. The highest BCUT2D eigenvalue weighted by atomic mass is 16.5. The van der Waals surface area contributed by atoms with Crippen molar-refractivity contribution in [3.8, 4) is 11.1 Å². The first-order valence-electron chi connectivity index (χ1n) is 11.4. The maximum Gasteiger partial charge on any atom is 0.270 e. The normalized spacial score (nSPS) is 15.6. The van der Waals surface area contributed by atoms with Gasteiger partial charge in [-0.15, -0.1) is 0 Å². The van der Waals surface area contributed by atoms with Gasteiger partial charge in [0.1, 0.15) is 23.3 Å². The van der Waals surface area contributed by atoms with E-state index in [0.717, 1.165) is 61.1 Å². The van der Waals surface area contributed by atoms with Crippen LogP contribution in [0, 0.1) is 19.8 Å². The molecule has 1 aliphatic carbocycles. The zero-order chi connectivity index (χ0) is 23.4. The van der Waals surface area contributed by atoms with E-state index in [1.165, 1.54) is 4.68 Å². The fourth-order valence-electron chi connectivity index (χ4n) is 4.57. The number of aromatic nitrogens is 4. The molecule has 0 aromatic carbocycles. The van der Waals surface area contributed by atoms with Crippen LogP contribution in [0.2, 0.25) is 0 Å². The topological polar surface area (TPSA) is 115 Å². The highest BCUT2D eigenvalue weighted by Gasteiger charge is 2.31. The van der Waals surface area contributed by atoms with Crippen LogP contribution in [0.4, 0.5) is 5.82 Å². The highest BCUT2D eigenvalue weighted by molar-refractivity contribution is 6.00. The number of carbonyl (C=O) groups excluding carboxylic acids is 2.